The minimum absolute atomic E-state index is 0.824. The molecule has 2 heterocycles. The van der Waals surface area contributed by atoms with Gasteiger partial charge in [-0.2, -0.15) is 0 Å². The summed E-state index contributed by atoms with van der Waals surface area (Å²) in [5, 5.41) is 14.6. The third kappa shape index (κ3) is 5.86. The van der Waals surface area contributed by atoms with Crippen molar-refractivity contribution in [1.82, 2.24) is 4.40 Å². The number of fused-ring (bicyclic) bond motifs is 11. The Kier molecular flexibility index (Phi) is 8.27. The van der Waals surface area contributed by atoms with E-state index >= 15 is 0 Å². The Labute approximate surface area is 375 Å². The highest BCUT2D eigenvalue weighted by Gasteiger charge is 2.24. The van der Waals surface area contributed by atoms with Crippen molar-refractivity contribution in [1.29, 1.82) is 0 Å². The number of benzene rings is 11. The molecule has 65 heavy (non-hydrogen) atoms. The van der Waals surface area contributed by atoms with Gasteiger partial charge in [0.25, 0.3) is 0 Å². The van der Waals surface area contributed by atoms with Gasteiger partial charge in [0.15, 0.2) is 0 Å². The van der Waals surface area contributed by atoms with Crippen molar-refractivity contribution in [3.63, 3.8) is 0 Å². The highest BCUT2D eigenvalue weighted by Crippen LogP contribution is 2.48. The number of methoxy groups -OCH3 is 2. The van der Waals surface area contributed by atoms with E-state index in [1.807, 2.05) is 24.3 Å². The Bertz CT molecular complexity index is 3810. The van der Waals surface area contributed by atoms with Gasteiger partial charge in [-0.15, -0.1) is 0 Å². The molecule has 0 N–H and O–H groups in total. The second-order valence-corrected chi connectivity index (χ2v) is 16.9. The fourth-order valence-electron chi connectivity index (χ4n) is 10.3. The Hall–Kier alpha value is -8.54. The summed E-state index contributed by atoms with van der Waals surface area (Å²) in [4.78, 5) is 4.72. The monoisotopic (exact) mass is 835 g/mol. The molecule has 11 aromatic carbocycles. The number of aromatic nitrogens is 1. The molecule has 0 aliphatic heterocycles. The summed E-state index contributed by atoms with van der Waals surface area (Å²) in [6.07, 6.45) is 0. The zero-order chi connectivity index (χ0) is 43.2. The maximum atomic E-state index is 5.60. The van der Waals surface area contributed by atoms with Gasteiger partial charge < -0.3 is 23.7 Å². The van der Waals surface area contributed by atoms with Gasteiger partial charge in [0.05, 0.1) is 30.8 Å². The summed E-state index contributed by atoms with van der Waals surface area (Å²) in [5.41, 5.74) is 10.0. The standard InChI is InChI=1S/C60H41N3O2/c1-64-51-26-21-45(22-27-51)61(47-18-15-38-9-3-5-11-40(38)31-47)49-20-17-44-34-55-53-30-25-50(62(46-23-28-52(65-2)29-24-46)48-19-16-39-10-4-6-12-41(39)32-48)37-58(53)63-57-35-43-14-8-7-13-42(43)33-56(57)59(60(55)63)54(44)36-49/h3-37H,1-2H3. The van der Waals surface area contributed by atoms with Crippen LogP contribution in [0.2, 0.25) is 0 Å². The molecule has 13 aromatic rings. The van der Waals surface area contributed by atoms with Gasteiger partial charge in [0.1, 0.15) is 11.5 Å². The zero-order valence-corrected chi connectivity index (χ0v) is 35.9. The van der Waals surface area contributed by atoms with E-state index in [0.717, 1.165) is 45.6 Å². The first kappa shape index (κ1) is 37.1. The van der Waals surface area contributed by atoms with Gasteiger partial charge in [-0.25, -0.2) is 0 Å². The molecule has 0 atom stereocenters. The average Bonchev–Trinajstić information content (AvgIpc) is 3.87. The summed E-state index contributed by atoms with van der Waals surface area (Å²) in [6, 6.07) is 77.2. The van der Waals surface area contributed by atoms with Crippen LogP contribution >= 0.6 is 0 Å². The van der Waals surface area contributed by atoms with Crippen LogP contribution in [0.5, 0.6) is 11.5 Å². The molecule has 0 aliphatic carbocycles. The average molecular weight is 836 g/mol. The number of nitrogens with zero attached hydrogens (tertiary/aromatic N) is 3. The van der Waals surface area contributed by atoms with Crippen LogP contribution in [0.3, 0.4) is 0 Å². The van der Waals surface area contributed by atoms with Gasteiger partial charge in [0, 0.05) is 55.7 Å². The van der Waals surface area contributed by atoms with E-state index < -0.39 is 0 Å². The molecule has 308 valence electrons. The smallest absolute Gasteiger partial charge is 0.119 e. The maximum Gasteiger partial charge on any atom is 0.119 e. The van der Waals surface area contributed by atoms with E-state index in [-0.39, 0.29) is 0 Å². The van der Waals surface area contributed by atoms with Crippen molar-refractivity contribution in [3.8, 4) is 11.5 Å². The Morgan fingerprint density at radius 3 is 1.28 bits per heavy atom. The molecule has 0 radical (unpaired) electrons. The van der Waals surface area contributed by atoms with Crippen LogP contribution in [0.25, 0.3) is 81.2 Å². The van der Waals surface area contributed by atoms with Crippen molar-refractivity contribution in [3.05, 3.63) is 212 Å². The van der Waals surface area contributed by atoms with Crippen LogP contribution in [-0.4, -0.2) is 18.6 Å². The van der Waals surface area contributed by atoms with Crippen molar-refractivity contribution < 1.29 is 9.47 Å². The number of hydrogen-bond donors (Lipinski definition) is 0. The molecule has 0 unspecified atom stereocenters. The molecule has 0 amide bonds. The minimum Gasteiger partial charge on any atom is -0.497 e. The molecule has 0 saturated carbocycles. The lowest BCUT2D eigenvalue weighted by Gasteiger charge is -2.26. The van der Waals surface area contributed by atoms with Gasteiger partial charge in [0.2, 0.25) is 0 Å². The van der Waals surface area contributed by atoms with E-state index in [9.17, 15) is 0 Å². The maximum absolute atomic E-state index is 5.60. The largest absolute Gasteiger partial charge is 0.497 e. The van der Waals surface area contributed by atoms with Gasteiger partial charge in [-0.3, -0.25) is 0 Å². The lowest BCUT2D eigenvalue weighted by atomic mass is 9.98. The second-order valence-electron chi connectivity index (χ2n) is 16.9. The van der Waals surface area contributed by atoms with Crippen LogP contribution in [0.1, 0.15) is 0 Å². The van der Waals surface area contributed by atoms with Gasteiger partial charge >= 0.3 is 0 Å². The summed E-state index contributed by atoms with van der Waals surface area (Å²) in [5.74, 6) is 1.65. The third-order valence-electron chi connectivity index (χ3n) is 13.4. The van der Waals surface area contributed by atoms with E-state index in [1.165, 1.54) is 81.2 Å². The zero-order valence-electron chi connectivity index (χ0n) is 35.9. The lowest BCUT2D eigenvalue weighted by molar-refractivity contribution is 0.414. The molecule has 2 aromatic heterocycles. The second kappa shape index (κ2) is 14.5. The van der Waals surface area contributed by atoms with E-state index in [2.05, 4.69) is 202 Å². The number of hydrogen-bond acceptors (Lipinski definition) is 4. The molecule has 0 fully saturated rings. The van der Waals surface area contributed by atoms with Crippen molar-refractivity contribution in [2.45, 2.75) is 0 Å². The first-order valence-electron chi connectivity index (χ1n) is 22.0. The van der Waals surface area contributed by atoms with E-state index in [1.54, 1.807) is 14.2 Å². The number of anilines is 6. The Balaban J connectivity index is 1.08. The van der Waals surface area contributed by atoms with Crippen LogP contribution in [-0.2, 0) is 0 Å². The molecule has 0 aliphatic rings. The van der Waals surface area contributed by atoms with Crippen LogP contribution in [0, 0.1) is 0 Å². The molecule has 0 saturated heterocycles. The minimum atomic E-state index is 0.824. The third-order valence-corrected chi connectivity index (χ3v) is 13.4. The highest BCUT2D eigenvalue weighted by molar-refractivity contribution is 6.32. The fourth-order valence-corrected chi connectivity index (χ4v) is 10.3. The molecule has 5 nitrogen and oxygen atoms in total. The SMILES string of the molecule is COc1ccc(N(c2ccc3ccccc3c2)c2ccc3cc4c5ccc(N(c6ccc(OC)cc6)c6ccc7ccccc7c6)cc5n5c6cc7ccccc7cc6c(c3c2)c45)cc1. The van der Waals surface area contributed by atoms with Crippen LogP contribution < -0.4 is 19.3 Å². The van der Waals surface area contributed by atoms with Crippen molar-refractivity contribution >= 4 is 115 Å². The molecular weight excluding hydrogens is 795 g/mol. The normalized spacial score (nSPS) is 11.8. The summed E-state index contributed by atoms with van der Waals surface area (Å²) in [6.45, 7) is 0. The van der Waals surface area contributed by atoms with Gasteiger partial charge in [-0.05, 0) is 158 Å². The van der Waals surface area contributed by atoms with Crippen LogP contribution in [0.4, 0.5) is 34.1 Å². The molecular formula is C60H41N3O2. The van der Waals surface area contributed by atoms with Crippen LogP contribution in [0.15, 0.2) is 212 Å². The van der Waals surface area contributed by atoms with E-state index in [0.29, 0.717) is 0 Å². The summed E-state index contributed by atoms with van der Waals surface area (Å²) < 4.78 is 13.7. The number of ether oxygens (including phenoxy) is 2. The predicted molar refractivity (Wildman–Crippen MR) is 274 cm³/mol. The summed E-state index contributed by atoms with van der Waals surface area (Å²) in [7, 11) is 3.43. The van der Waals surface area contributed by atoms with Crippen molar-refractivity contribution in [2.24, 2.45) is 0 Å². The molecule has 0 spiro atoms. The highest BCUT2D eigenvalue weighted by atomic mass is 16.5. The quantitative estimate of drug-likeness (QED) is 0.152. The topological polar surface area (TPSA) is 29.4 Å². The van der Waals surface area contributed by atoms with E-state index in [4.69, 9.17) is 9.47 Å². The fraction of sp³-hybridized carbons (Fsp3) is 0.0333. The Morgan fingerprint density at radius 2 is 0.723 bits per heavy atom. The van der Waals surface area contributed by atoms with Gasteiger partial charge in [-0.1, -0.05) is 97.1 Å². The molecule has 5 heteroatoms. The lowest BCUT2D eigenvalue weighted by Crippen LogP contribution is -2.10. The summed E-state index contributed by atoms with van der Waals surface area (Å²) >= 11 is 0. The first-order valence-corrected chi connectivity index (χ1v) is 22.0. The first-order chi connectivity index (χ1) is 32.1. The predicted octanol–water partition coefficient (Wildman–Crippen LogP) is 16.4. The Morgan fingerprint density at radius 1 is 0.308 bits per heavy atom. The van der Waals surface area contributed by atoms with Crippen molar-refractivity contribution in [2.75, 3.05) is 24.0 Å². The molecule has 0 bridgehead atoms. The number of rotatable bonds is 8. The molecule has 13 rings (SSSR count).